The zero-order valence-electron chi connectivity index (χ0n) is 12.1. The molecule has 1 fully saturated rings. The van der Waals surface area contributed by atoms with E-state index in [9.17, 15) is 0 Å². The van der Waals surface area contributed by atoms with E-state index in [1.807, 2.05) is 0 Å². The summed E-state index contributed by atoms with van der Waals surface area (Å²) in [6, 6.07) is 0. The van der Waals surface area contributed by atoms with Crippen LogP contribution >= 0.6 is 23.6 Å². The molecule has 0 bridgehead atoms. The van der Waals surface area contributed by atoms with Crippen LogP contribution in [-0.2, 0) is 0 Å². The highest BCUT2D eigenvalue weighted by Crippen LogP contribution is 2.27. The van der Waals surface area contributed by atoms with E-state index >= 15 is 0 Å². The van der Waals surface area contributed by atoms with Crippen molar-refractivity contribution in [2.24, 2.45) is 5.73 Å². The normalized spacial score (nSPS) is 17.8. The highest BCUT2D eigenvalue weighted by Gasteiger charge is 2.32. The fourth-order valence-electron chi connectivity index (χ4n) is 2.20. The Bertz CT molecular complexity index is 453. The molecule has 1 aliphatic heterocycles. The Morgan fingerprint density at radius 3 is 2.26 bits per heavy atom. The van der Waals surface area contributed by atoms with Gasteiger partial charge in [0.25, 0.3) is 0 Å². The van der Waals surface area contributed by atoms with Crippen LogP contribution in [0.1, 0.15) is 24.4 Å². The standard InChI is InChI=1S/C13H22N4S2/c1-9-10(2)19-12(15-9)16-5-7-17(8-6-16)13(3,4)11(14)18/h5-8H2,1-4H3,(H2,14,18). The average Bonchev–Trinajstić information content (AvgIpc) is 2.69. The van der Waals surface area contributed by atoms with Crippen molar-refractivity contribution < 1.29 is 0 Å². The maximum absolute atomic E-state index is 5.84. The molecule has 6 heteroatoms. The van der Waals surface area contributed by atoms with Gasteiger partial charge in [0, 0.05) is 31.1 Å². The van der Waals surface area contributed by atoms with Crippen LogP contribution in [0.3, 0.4) is 0 Å². The summed E-state index contributed by atoms with van der Waals surface area (Å²) in [5.41, 5.74) is 6.78. The quantitative estimate of drug-likeness (QED) is 0.864. The minimum absolute atomic E-state index is 0.198. The van der Waals surface area contributed by atoms with E-state index in [0.29, 0.717) is 4.99 Å². The predicted octanol–water partition coefficient (Wildman–Crippen LogP) is 1.95. The highest BCUT2D eigenvalue weighted by molar-refractivity contribution is 7.80. The summed E-state index contributed by atoms with van der Waals surface area (Å²) in [7, 11) is 0. The Morgan fingerprint density at radius 1 is 1.26 bits per heavy atom. The predicted molar refractivity (Wildman–Crippen MR) is 86.2 cm³/mol. The summed E-state index contributed by atoms with van der Waals surface area (Å²) in [5, 5.41) is 1.14. The number of thiazole rings is 1. The topological polar surface area (TPSA) is 45.4 Å². The van der Waals surface area contributed by atoms with Gasteiger partial charge in [0.2, 0.25) is 0 Å². The molecule has 1 aromatic rings. The van der Waals surface area contributed by atoms with Gasteiger partial charge in [0.15, 0.2) is 5.13 Å². The molecule has 1 aliphatic rings. The first-order valence-corrected chi connectivity index (χ1v) is 7.79. The Kier molecular flexibility index (Phi) is 4.13. The number of piperazine rings is 1. The van der Waals surface area contributed by atoms with E-state index in [0.717, 1.165) is 37.0 Å². The summed E-state index contributed by atoms with van der Waals surface area (Å²) < 4.78 is 0. The lowest BCUT2D eigenvalue weighted by atomic mass is 10.0. The molecule has 106 valence electrons. The van der Waals surface area contributed by atoms with Crippen LogP contribution in [0.5, 0.6) is 0 Å². The molecule has 0 saturated carbocycles. The number of aryl methyl sites for hydroxylation is 2. The number of rotatable bonds is 3. The lowest BCUT2D eigenvalue weighted by Crippen LogP contribution is -2.59. The second-order valence-corrected chi connectivity index (χ2v) is 7.16. The van der Waals surface area contributed by atoms with Gasteiger partial charge in [-0.25, -0.2) is 4.98 Å². The van der Waals surface area contributed by atoms with Gasteiger partial charge < -0.3 is 10.6 Å². The second kappa shape index (κ2) is 5.34. The van der Waals surface area contributed by atoms with Crippen molar-refractivity contribution in [1.29, 1.82) is 0 Å². The molecule has 0 unspecified atom stereocenters. The number of nitrogens with two attached hydrogens (primary N) is 1. The maximum Gasteiger partial charge on any atom is 0.185 e. The molecule has 0 aromatic carbocycles. The number of anilines is 1. The lowest BCUT2D eigenvalue weighted by molar-refractivity contribution is 0.168. The van der Waals surface area contributed by atoms with Crippen molar-refractivity contribution >= 4 is 33.7 Å². The van der Waals surface area contributed by atoms with Crippen LogP contribution in [-0.4, -0.2) is 46.6 Å². The molecule has 2 heterocycles. The summed E-state index contributed by atoms with van der Waals surface area (Å²) in [6.07, 6.45) is 0. The zero-order valence-corrected chi connectivity index (χ0v) is 13.7. The molecule has 1 aromatic heterocycles. The molecule has 0 atom stereocenters. The van der Waals surface area contributed by atoms with Crippen molar-refractivity contribution in [1.82, 2.24) is 9.88 Å². The molecular formula is C13H22N4S2. The van der Waals surface area contributed by atoms with Crippen LogP contribution < -0.4 is 10.6 Å². The van der Waals surface area contributed by atoms with Crippen molar-refractivity contribution in [3.63, 3.8) is 0 Å². The third kappa shape index (κ3) is 2.90. The van der Waals surface area contributed by atoms with Crippen LogP contribution in [0, 0.1) is 13.8 Å². The van der Waals surface area contributed by atoms with Gasteiger partial charge in [0.05, 0.1) is 16.2 Å². The number of hydrogen-bond acceptors (Lipinski definition) is 5. The minimum Gasteiger partial charge on any atom is -0.392 e. The van der Waals surface area contributed by atoms with Gasteiger partial charge in [-0.3, -0.25) is 4.90 Å². The van der Waals surface area contributed by atoms with E-state index in [1.54, 1.807) is 11.3 Å². The summed E-state index contributed by atoms with van der Waals surface area (Å²) in [4.78, 5) is 11.2. The SMILES string of the molecule is Cc1nc(N2CCN(C(C)(C)C(N)=S)CC2)sc1C. The fourth-order valence-corrected chi connectivity index (χ4v) is 3.29. The molecule has 0 spiro atoms. The fraction of sp³-hybridized carbons (Fsp3) is 0.692. The van der Waals surface area contributed by atoms with Gasteiger partial charge in [-0.05, 0) is 27.7 Å². The Morgan fingerprint density at radius 2 is 1.84 bits per heavy atom. The number of thiocarbonyl (C=S) groups is 1. The van der Waals surface area contributed by atoms with Crippen LogP contribution in [0.4, 0.5) is 5.13 Å². The van der Waals surface area contributed by atoms with E-state index in [2.05, 4.69) is 42.5 Å². The van der Waals surface area contributed by atoms with Gasteiger partial charge >= 0.3 is 0 Å². The first kappa shape index (κ1) is 14.7. The molecule has 0 radical (unpaired) electrons. The van der Waals surface area contributed by atoms with Crippen LogP contribution in [0.15, 0.2) is 0 Å². The molecule has 19 heavy (non-hydrogen) atoms. The molecule has 0 amide bonds. The number of aromatic nitrogens is 1. The average molecular weight is 298 g/mol. The van der Waals surface area contributed by atoms with E-state index in [1.165, 1.54) is 4.88 Å². The summed E-state index contributed by atoms with van der Waals surface area (Å²) >= 11 is 6.95. The van der Waals surface area contributed by atoms with Crippen LogP contribution in [0.2, 0.25) is 0 Å². The number of hydrogen-bond donors (Lipinski definition) is 1. The van der Waals surface area contributed by atoms with Gasteiger partial charge in [-0.15, -0.1) is 11.3 Å². The Hall–Kier alpha value is -0.720. The molecule has 2 rings (SSSR count). The minimum atomic E-state index is -0.198. The Balaban J connectivity index is 2.01. The van der Waals surface area contributed by atoms with Crippen molar-refractivity contribution in [2.45, 2.75) is 33.2 Å². The molecule has 0 aliphatic carbocycles. The van der Waals surface area contributed by atoms with Crippen molar-refractivity contribution in [3.8, 4) is 0 Å². The van der Waals surface area contributed by atoms with E-state index in [4.69, 9.17) is 18.0 Å². The molecule has 2 N–H and O–H groups in total. The lowest BCUT2D eigenvalue weighted by Gasteiger charge is -2.43. The van der Waals surface area contributed by atoms with Crippen molar-refractivity contribution in [3.05, 3.63) is 10.6 Å². The van der Waals surface area contributed by atoms with Gasteiger partial charge in [0.1, 0.15) is 0 Å². The van der Waals surface area contributed by atoms with Crippen LogP contribution in [0.25, 0.3) is 0 Å². The third-order valence-electron chi connectivity index (χ3n) is 3.96. The maximum atomic E-state index is 5.84. The smallest absolute Gasteiger partial charge is 0.185 e. The van der Waals surface area contributed by atoms with Gasteiger partial charge in [-0.2, -0.15) is 0 Å². The first-order chi connectivity index (χ1) is 8.82. The monoisotopic (exact) mass is 298 g/mol. The second-order valence-electron chi connectivity index (χ2n) is 5.54. The highest BCUT2D eigenvalue weighted by atomic mass is 32.1. The Labute approximate surface area is 124 Å². The van der Waals surface area contributed by atoms with E-state index in [-0.39, 0.29) is 5.54 Å². The van der Waals surface area contributed by atoms with E-state index < -0.39 is 0 Å². The molecule has 1 saturated heterocycles. The largest absolute Gasteiger partial charge is 0.392 e. The summed E-state index contributed by atoms with van der Waals surface area (Å²) in [5.74, 6) is 0. The third-order valence-corrected chi connectivity index (χ3v) is 5.59. The molecule has 4 nitrogen and oxygen atoms in total. The van der Waals surface area contributed by atoms with Crippen molar-refractivity contribution in [2.75, 3.05) is 31.1 Å². The zero-order chi connectivity index (χ0) is 14.2. The number of nitrogens with zero attached hydrogens (tertiary/aromatic N) is 3. The van der Waals surface area contributed by atoms with Gasteiger partial charge in [-0.1, -0.05) is 12.2 Å². The first-order valence-electron chi connectivity index (χ1n) is 6.56. The summed E-state index contributed by atoms with van der Waals surface area (Å²) in [6.45, 7) is 12.3. The molecular weight excluding hydrogens is 276 g/mol.